The highest BCUT2D eigenvalue weighted by atomic mass is 16.5. The maximum Gasteiger partial charge on any atom is 0.274 e. The molecule has 0 aromatic heterocycles. The molecule has 3 rings (SSSR count). The minimum absolute atomic E-state index is 0.0495. The Hall–Kier alpha value is -2.86. The summed E-state index contributed by atoms with van der Waals surface area (Å²) < 4.78 is 0. The van der Waals surface area contributed by atoms with E-state index >= 15 is 0 Å². The molecule has 3 N–H and O–H groups in total. The largest absolute Gasteiger partial charge is 0.374 e. The Bertz CT molecular complexity index is 787. The maximum absolute atomic E-state index is 12.8. The molecule has 2 amide bonds. The van der Waals surface area contributed by atoms with Crippen LogP contribution in [0, 0.1) is 0 Å². The number of benzene rings is 2. The molecule has 6 heteroatoms. The van der Waals surface area contributed by atoms with Crippen LogP contribution in [0.2, 0.25) is 0 Å². The van der Waals surface area contributed by atoms with E-state index in [0.717, 1.165) is 24.2 Å². The Morgan fingerprint density at radius 2 is 1.85 bits per heavy atom. The van der Waals surface area contributed by atoms with Crippen LogP contribution in [0.5, 0.6) is 0 Å². The summed E-state index contributed by atoms with van der Waals surface area (Å²) in [5.74, 6) is -0.513. The minimum Gasteiger partial charge on any atom is -0.374 e. The van der Waals surface area contributed by atoms with Crippen molar-refractivity contribution in [2.45, 2.75) is 38.6 Å². The summed E-state index contributed by atoms with van der Waals surface area (Å²) in [5.41, 5.74) is 4.95. The van der Waals surface area contributed by atoms with E-state index in [-0.39, 0.29) is 11.9 Å². The fourth-order valence-electron chi connectivity index (χ4n) is 3.28. The Labute approximate surface area is 159 Å². The zero-order valence-corrected chi connectivity index (χ0v) is 15.4. The van der Waals surface area contributed by atoms with Crippen LogP contribution < -0.4 is 15.7 Å². The number of nitrogens with one attached hydrogen (secondary N) is 2. The zero-order chi connectivity index (χ0) is 19.2. The van der Waals surface area contributed by atoms with E-state index in [1.54, 1.807) is 29.7 Å². The molecule has 1 atom stereocenters. The summed E-state index contributed by atoms with van der Waals surface area (Å²) in [6.07, 6.45) is 4.13. The van der Waals surface area contributed by atoms with Gasteiger partial charge in [-0.25, -0.2) is 5.48 Å². The first-order valence-electron chi connectivity index (χ1n) is 9.33. The molecular weight excluding hydrogens is 342 g/mol. The highest BCUT2D eigenvalue weighted by Gasteiger charge is 2.32. The van der Waals surface area contributed by atoms with E-state index in [9.17, 15) is 9.59 Å². The second-order valence-corrected chi connectivity index (χ2v) is 6.76. The Kier molecular flexibility index (Phi) is 6.08. The first-order chi connectivity index (χ1) is 13.1. The van der Waals surface area contributed by atoms with Gasteiger partial charge < -0.3 is 10.2 Å². The monoisotopic (exact) mass is 367 g/mol. The third-order valence-electron chi connectivity index (χ3n) is 4.86. The number of nitrogens with zero attached hydrogens (tertiary/aromatic N) is 1. The maximum atomic E-state index is 12.8. The molecule has 2 aromatic rings. The Morgan fingerprint density at radius 3 is 2.48 bits per heavy atom. The van der Waals surface area contributed by atoms with E-state index in [2.05, 4.69) is 24.4 Å². The van der Waals surface area contributed by atoms with Crippen molar-refractivity contribution in [1.82, 2.24) is 5.48 Å². The highest BCUT2D eigenvalue weighted by Crippen LogP contribution is 2.24. The van der Waals surface area contributed by atoms with Gasteiger partial charge in [0.25, 0.3) is 5.91 Å². The van der Waals surface area contributed by atoms with Gasteiger partial charge in [-0.05, 0) is 61.2 Å². The number of anilines is 2. The number of hydroxylamine groups is 1. The molecule has 2 aromatic carbocycles. The third-order valence-corrected chi connectivity index (χ3v) is 4.86. The van der Waals surface area contributed by atoms with Gasteiger partial charge in [0.05, 0.1) is 0 Å². The molecule has 1 aliphatic heterocycles. The first-order valence-corrected chi connectivity index (χ1v) is 9.33. The van der Waals surface area contributed by atoms with Gasteiger partial charge in [0, 0.05) is 23.5 Å². The average Bonchev–Trinajstić information content (AvgIpc) is 3.07. The van der Waals surface area contributed by atoms with Crippen molar-refractivity contribution >= 4 is 23.2 Å². The molecule has 1 unspecified atom stereocenters. The van der Waals surface area contributed by atoms with Gasteiger partial charge in [0.1, 0.15) is 6.04 Å². The molecule has 0 aliphatic carbocycles. The number of amides is 2. The third kappa shape index (κ3) is 4.46. The Morgan fingerprint density at radius 1 is 1.15 bits per heavy atom. The van der Waals surface area contributed by atoms with Crippen LogP contribution in [-0.4, -0.2) is 29.6 Å². The topological polar surface area (TPSA) is 81.7 Å². The summed E-state index contributed by atoms with van der Waals surface area (Å²) in [7, 11) is 0. The summed E-state index contributed by atoms with van der Waals surface area (Å²) in [6, 6.07) is 14.6. The number of unbranched alkanes of at least 4 members (excludes halogenated alkanes) is 1. The van der Waals surface area contributed by atoms with Crippen LogP contribution >= 0.6 is 0 Å². The lowest BCUT2D eigenvalue weighted by Crippen LogP contribution is -2.33. The number of hydrogen-bond acceptors (Lipinski definition) is 4. The van der Waals surface area contributed by atoms with Crippen LogP contribution in [0.25, 0.3) is 0 Å². The molecule has 0 saturated carbocycles. The SMILES string of the molecule is CCCCc1ccc(N2CCC(Nc3ccc(C(=O)NO)cc3)C2=O)cc1. The predicted octanol–water partition coefficient (Wildman–Crippen LogP) is 3.37. The number of aryl methyl sites for hydroxylation is 1. The van der Waals surface area contributed by atoms with Crippen molar-refractivity contribution in [2.24, 2.45) is 0 Å². The molecule has 0 radical (unpaired) electrons. The van der Waals surface area contributed by atoms with E-state index < -0.39 is 5.91 Å². The highest BCUT2D eigenvalue weighted by molar-refractivity contribution is 6.01. The quantitative estimate of drug-likeness (QED) is 0.518. The molecule has 1 aliphatic rings. The fraction of sp³-hybridized carbons (Fsp3) is 0.333. The van der Waals surface area contributed by atoms with Gasteiger partial charge in [-0.15, -0.1) is 0 Å². The minimum atomic E-state index is -0.563. The number of hydrogen-bond donors (Lipinski definition) is 3. The van der Waals surface area contributed by atoms with Gasteiger partial charge >= 0.3 is 0 Å². The van der Waals surface area contributed by atoms with E-state index in [1.807, 2.05) is 17.0 Å². The summed E-state index contributed by atoms with van der Waals surface area (Å²) in [4.78, 5) is 25.9. The molecule has 1 heterocycles. The van der Waals surface area contributed by atoms with Crippen molar-refractivity contribution in [3.63, 3.8) is 0 Å². The van der Waals surface area contributed by atoms with Gasteiger partial charge in [0.15, 0.2) is 0 Å². The first kappa shape index (κ1) is 18.9. The molecule has 6 nitrogen and oxygen atoms in total. The fourth-order valence-corrected chi connectivity index (χ4v) is 3.28. The average molecular weight is 367 g/mol. The van der Waals surface area contributed by atoms with Gasteiger partial charge in [-0.3, -0.25) is 14.8 Å². The van der Waals surface area contributed by atoms with Crippen LogP contribution in [-0.2, 0) is 11.2 Å². The van der Waals surface area contributed by atoms with E-state index in [0.29, 0.717) is 12.1 Å². The molecule has 1 fully saturated rings. The van der Waals surface area contributed by atoms with Crippen molar-refractivity contribution in [2.75, 3.05) is 16.8 Å². The number of carbonyl (C=O) groups is 2. The molecular formula is C21H25N3O3. The molecule has 27 heavy (non-hydrogen) atoms. The second kappa shape index (κ2) is 8.68. The smallest absolute Gasteiger partial charge is 0.274 e. The molecule has 142 valence electrons. The van der Waals surface area contributed by atoms with Crippen LogP contribution in [0.4, 0.5) is 11.4 Å². The van der Waals surface area contributed by atoms with Crippen molar-refractivity contribution < 1.29 is 14.8 Å². The second-order valence-electron chi connectivity index (χ2n) is 6.76. The van der Waals surface area contributed by atoms with Crippen molar-refractivity contribution in [1.29, 1.82) is 0 Å². The Balaban J connectivity index is 1.62. The van der Waals surface area contributed by atoms with Gasteiger partial charge in [-0.1, -0.05) is 25.5 Å². The zero-order valence-electron chi connectivity index (χ0n) is 15.4. The lowest BCUT2D eigenvalue weighted by Gasteiger charge is -2.18. The van der Waals surface area contributed by atoms with Crippen LogP contribution in [0.1, 0.15) is 42.1 Å². The lowest BCUT2D eigenvalue weighted by atomic mass is 10.1. The normalized spacial score (nSPS) is 16.4. The van der Waals surface area contributed by atoms with Gasteiger partial charge in [0.2, 0.25) is 5.91 Å². The number of carbonyl (C=O) groups excluding carboxylic acids is 2. The van der Waals surface area contributed by atoms with E-state index in [1.165, 1.54) is 18.4 Å². The van der Waals surface area contributed by atoms with E-state index in [4.69, 9.17) is 5.21 Å². The van der Waals surface area contributed by atoms with Gasteiger partial charge in [-0.2, -0.15) is 0 Å². The van der Waals surface area contributed by atoms with Crippen molar-refractivity contribution in [3.8, 4) is 0 Å². The molecule has 1 saturated heterocycles. The predicted molar refractivity (Wildman–Crippen MR) is 105 cm³/mol. The molecule has 0 bridgehead atoms. The number of rotatable bonds is 7. The summed E-state index contributed by atoms with van der Waals surface area (Å²) >= 11 is 0. The summed E-state index contributed by atoms with van der Waals surface area (Å²) in [5, 5.41) is 11.9. The standard InChI is InChI=1S/C21H25N3O3/c1-2-3-4-15-5-11-18(12-6-15)24-14-13-19(21(24)26)22-17-9-7-16(8-10-17)20(25)23-27/h5-12,19,22,27H,2-4,13-14H2,1H3,(H,23,25). The lowest BCUT2D eigenvalue weighted by molar-refractivity contribution is -0.117. The van der Waals surface area contributed by atoms with Crippen LogP contribution in [0.15, 0.2) is 48.5 Å². The molecule has 0 spiro atoms. The van der Waals surface area contributed by atoms with Crippen LogP contribution in [0.3, 0.4) is 0 Å². The van der Waals surface area contributed by atoms with Crippen molar-refractivity contribution in [3.05, 3.63) is 59.7 Å². The summed E-state index contributed by atoms with van der Waals surface area (Å²) in [6.45, 7) is 2.86.